The second kappa shape index (κ2) is 10.7. The van der Waals surface area contributed by atoms with Crippen molar-refractivity contribution >= 4 is 85.7 Å². The van der Waals surface area contributed by atoms with Crippen LogP contribution < -0.4 is 10.2 Å². The fourth-order valence-corrected chi connectivity index (χ4v) is 4.05. The van der Waals surface area contributed by atoms with E-state index >= 15 is 0 Å². The Hall–Kier alpha value is -2.04. The van der Waals surface area contributed by atoms with E-state index in [0.717, 1.165) is 4.90 Å². The quantitative estimate of drug-likeness (QED) is 0.316. The lowest BCUT2D eigenvalue weighted by molar-refractivity contribution is 0.101. The Kier molecular flexibility index (Phi) is 8.24. The van der Waals surface area contributed by atoms with Crippen molar-refractivity contribution in [1.29, 1.82) is 0 Å². The molecule has 0 bridgehead atoms. The van der Waals surface area contributed by atoms with Gasteiger partial charge in [-0.1, -0.05) is 34.8 Å². The summed E-state index contributed by atoms with van der Waals surface area (Å²) in [6.45, 7) is 0.0748. The van der Waals surface area contributed by atoms with E-state index in [1.54, 1.807) is 12.1 Å². The van der Waals surface area contributed by atoms with Gasteiger partial charge in [-0.05, 0) is 46.6 Å². The molecule has 168 valence electrons. The zero-order valence-electron chi connectivity index (χ0n) is 16.0. The number of amides is 2. The van der Waals surface area contributed by atoms with Crippen molar-refractivity contribution in [3.63, 3.8) is 0 Å². The van der Waals surface area contributed by atoms with Gasteiger partial charge in [0.1, 0.15) is 10.3 Å². The smallest absolute Gasteiger partial charge is 0.411 e. The third-order valence-electron chi connectivity index (χ3n) is 4.16. The minimum atomic E-state index is -1.25. The molecule has 0 atom stereocenters. The molecule has 32 heavy (non-hydrogen) atoms. The Morgan fingerprint density at radius 3 is 2.59 bits per heavy atom. The fourth-order valence-electron chi connectivity index (χ4n) is 2.82. The predicted molar refractivity (Wildman–Crippen MR) is 129 cm³/mol. The number of carbonyl (C=O) groups is 2. The molecule has 3 rings (SSSR count). The van der Waals surface area contributed by atoms with Gasteiger partial charge in [0.25, 0.3) is 5.91 Å². The van der Waals surface area contributed by atoms with Gasteiger partial charge in [-0.25, -0.2) is 14.5 Å². The van der Waals surface area contributed by atoms with Crippen LogP contribution in [0.2, 0.25) is 15.1 Å². The van der Waals surface area contributed by atoms with Crippen LogP contribution in [-0.4, -0.2) is 44.3 Å². The highest BCUT2D eigenvalue weighted by atomic mass is 79.9. The molecule has 2 amide bonds. The van der Waals surface area contributed by atoms with E-state index in [9.17, 15) is 14.7 Å². The normalized spacial score (nSPS) is 10.8. The van der Waals surface area contributed by atoms with Crippen LogP contribution in [0.5, 0.6) is 0 Å². The van der Waals surface area contributed by atoms with E-state index in [4.69, 9.17) is 46.4 Å². The Bertz CT molecular complexity index is 1170. The molecule has 2 heterocycles. The molecule has 8 nitrogen and oxygen atoms in total. The maximum atomic E-state index is 13.2. The first-order valence-electron chi connectivity index (χ1n) is 8.96. The van der Waals surface area contributed by atoms with Crippen molar-refractivity contribution in [2.24, 2.45) is 0 Å². The number of carboxylic acid groups (broad SMARTS) is 1. The second-order valence-electron chi connectivity index (χ2n) is 6.29. The Morgan fingerprint density at radius 2 is 1.94 bits per heavy atom. The maximum Gasteiger partial charge on any atom is 0.411 e. The van der Waals surface area contributed by atoms with Gasteiger partial charge in [0, 0.05) is 29.7 Å². The first-order chi connectivity index (χ1) is 15.2. The monoisotopic (exact) mass is 579 g/mol. The highest BCUT2D eigenvalue weighted by Crippen LogP contribution is 2.37. The summed E-state index contributed by atoms with van der Waals surface area (Å²) in [5.74, 6) is -0.141. The zero-order valence-corrected chi connectivity index (χ0v) is 20.6. The summed E-state index contributed by atoms with van der Waals surface area (Å²) in [4.78, 5) is 30.2. The van der Waals surface area contributed by atoms with Crippen LogP contribution in [-0.2, 0) is 0 Å². The number of carbonyl (C=O) groups excluding carboxylic acids is 1. The highest BCUT2D eigenvalue weighted by molar-refractivity contribution is 9.10. The number of anilines is 2. The molecule has 2 aromatic heterocycles. The number of benzene rings is 1. The minimum Gasteiger partial charge on any atom is -0.465 e. The number of hydrogen-bond donors (Lipinski definition) is 2. The third-order valence-corrected chi connectivity index (χ3v) is 5.63. The van der Waals surface area contributed by atoms with Crippen molar-refractivity contribution in [3.05, 3.63) is 61.9 Å². The van der Waals surface area contributed by atoms with Gasteiger partial charge in [0.15, 0.2) is 5.82 Å². The first-order valence-corrected chi connectivity index (χ1v) is 11.4. The SMILES string of the molecule is O=C(Nc1c(Cl)cc(Cl)cc1N(CCCCl)C(=O)O)c1cc(Br)nn1-c1ncccc1Cl. The van der Waals surface area contributed by atoms with Crippen LogP contribution in [0, 0.1) is 0 Å². The average molecular weight is 582 g/mol. The molecule has 0 aliphatic rings. The lowest BCUT2D eigenvalue weighted by Gasteiger charge is -2.23. The van der Waals surface area contributed by atoms with Gasteiger partial charge in [0.05, 0.1) is 21.4 Å². The first kappa shape index (κ1) is 24.6. The molecule has 0 saturated carbocycles. The van der Waals surface area contributed by atoms with E-state index in [0.29, 0.717) is 11.0 Å². The van der Waals surface area contributed by atoms with Crippen molar-refractivity contribution < 1.29 is 14.7 Å². The minimum absolute atomic E-state index is 0.0546. The number of rotatable bonds is 7. The molecule has 0 aliphatic heterocycles. The van der Waals surface area contributed by atoms with Gasteiger partial charge in [-0.3, -0.25) is 9.69 Å². The molecule has 13 heteroatoms. The van der Waals surface area contributed by atoms with Crippen molar-refractivity contribution in [2.45, 2.75) is 6.42 Å². The van der Waals surface area contributed by atoms with Crippen molar-refractivity contribution in [1.82, 2.24) is 14.8 Å². The average Bonchev–Trinajstić information content (AvgIpc) is 3.12. The molecule has 0 unspecified atom stereocenters. The molecule has 2 N–H and O–H groups in total. The molecule has 1 aromatic carbocycles. The highest BCUT2D eigenvalue weighted by Gasteiger charge is 2.24. The standard InChI is InChI=1S/C19H14BrCl4N5O3/c20-15-9-14(29(27-15)17-11(23)3-1-5-25-17)18(30)26-16-12(24)7-10(22)8-13(16)28(19(31)32)6-2-4-21/h1,3,5,7-9H,2,4,6H2,(H,26,30)(H,31,32). The summed E-state index contributed by atoms with van der Waals surface area (Å²) in [5.41, 5.74) is 0.251. The fraction of sp³-hybridized carbons (Fsp3) is 0.158. The van der Waals surface area contributed by atoms with E-state index < -0.39 is 12.0 Å². The number of halogens is 5. The molecule has 0 fully saturated rings. The van der Waals surface area contributed by atoms with Gasteiger partial charge < -0.3 is 10.4 Å². The summed E-state index contributed by atoms with van der Waals surface area (Å²) >= 11 is 27.6. The van der Waals surface area contributed by atoms with Gasteiger partial charge in [0.2, 0.25) is 0 Å². The molecule has 0 spiro atoms. The molecule has 3 aromatic rings. The molecule has 0 radical (unpaired) electrons. The van der Waals surface area contributed by atoms with Crippen molar-refractivity contribution in [3.8, 4) is 5.82 Å². The lowest BCUT2D eigenvalue weighted by atomic mass is 10.2. The van der Waals surface area contributed by atoms with Crippen LogP contribution >= 0.6 is 62.3 Å². The molecular weight excluding hydrogens is 568 g/mol. The van der Waals surface area contributed by atoms with Crippen LogP contribution in [0.1, 0.15) is 16.9 Å². The van der Waals surface area contributed by atoms with E-state index in [-0.39, 0.29) is 50.4 Å². The Morgan fingerprint density at radius 1 is 1.19 bits per heavy atom. The third kappa shape index (κ3) is 5.47. The number of hydrogen-bond acceptors (Lipinski definition) is 4. The zero-order chi connectivity index (χ0) is 23.4. The van der Waals surface area contributed by atoms with E-state index in [1.807, 2.05) is 0 Å². The van der Waals surface area contributed by atoms with Crippen LogP contribution in [0.15, 0.2) is 41.1 Å². The largest absolute Gasteiger partial charge is 0.465 e. The second-order valence-corrected chi connectivity index (χ2v) is 8.73. The molecule has 0 saturated heterocycles. The number of aromatic nitrogens is 3. The topological polar surface area (TPSA) is 100 Å². The lowest BCUT2D eigenvalue weighted by Crippen LogP contribution is -2.32. The summed E-state index contributed by atoms with van der Waals surface area (Å²) < 4.78 is 1.62. The summed E-state index contributed by atoms with van der Waals surface area (Å²) in [6.07, 6.45) is 0.634. The molecular formula is C19H14BrCl4N5O3. The number of alkyl halides is 1. The van der Waals surface area contributed by atoms with Crippen LogP contribution in [0.4, 0.5) is 16.2 Å². The van der Waals surface area contributed by atoms with Crippen LogP contribution in [0.3, 0.4) is 0 Å². The number of nitrogens with one attached hydrogen (secondary N) is 1. The van der Waals surface area contributed by atoms with Crippen LogP contribution in [0.25, 0.3) is 5.82 Å². The summed E-state index contributed by atoms with van der Waals surface area (Å²) in [6, 6.07) is 7.51. The van der Waals surface area contributed by atoms with Gasteiger partial charge in [-0.2, -0.15) is 5.10 Å². The Balaban J connectivity index is 2.04. The maximum absolute atomic E-state index is 13.2. The van der Waals surface area contributed by atoms with E-state index in [1.165, 1.54) is 29.1 Å². The van der Waals surface area contributed by atoms with Gasteiger partial charge >= 0.3 is 6.09 Å². The Labute approximate surface area is 211 Å². The van der Waals surface area contributed by atoms with Crippen molar-refractivity contribution in [2.75, 3.05) is 22.6 Å². The molecule has 0 aliphatic carbocycles. The predicted octanol–water partition coefficient (Wildman–Crippen LogP) is 6.36. The number of nitrogens with zero attached hydrogens (tertiary/aromatic N) is 4. The number of pyridine rings is 1. The summed E-state index contributed by atoms with van der Waals surface area (Å²) in [5, 5.41) is 17.1. The van der Waals surface area contributed by atoms with Gasteiger partial charge in [-0.15, -0.1) is 11.6 Å². The summed E-state index contributed by atoms with van der Waals surface area (Å²) in [7, 11) is 0. The van der Waals surface area contributed by atoms with E-state index in [2.05, 4.69) is 31.3 Å².